The van der Waals surface area contributed by atoms with E-state index < -0.39 is 0 Å². The molecule has 1 fully saturated rings. The summed E-state index contributed by atoms with van der Waals surface area (Å²) in [6, 6.07) is 5.97. The van der Waals surface area contributed by atoms with Gasteiger partial charge in [-0.15, -0.1) is 0 Å². The molecule has 1 amide bonds. The number of anilines is 1. The Hall–Kier alpha value is -2.50. The van der Waals surface area contributed by atoms with Crippen LogP contribution in [0.3, 0.4) is 0 Å². The molecule has 2 aromatic rings. The lowest BCUT2D eigenvalue weighted by atomic mass is 10.1. The first kappa shape index (κ1) is 19.3. The van der Waals surface area contributed by atoms with Crippen molar-refractivity contribution in [3.63, 3.8) is 0 Å². The molecule has 1 aliphatic heterocycles. The Labute approximate surface area is 161 Å². The van der Waals surface area contributed by atoms with Crippen molar-refractivity contribution >= 4 is 11.9 Å². The van der Waals surface area contributed by atoms with Crippen LogP contribution in [0.2, 0.25) is 0 Å². The Morgan fingerprint density at radius 3 is 2.56 bits per heavy atom. The molecule has 27 heavy (non-hydrogen) atoms. The van der Waals surface area contributed by atoms with Crippen molar-refractivity contribution in [3.05, 3.63) is 35.8 Å². The Morgan fingerprint density at radius 2 is 1.93 bits per heavy atom. The molecule has 0 radical (unpaired) electrons. The molecule has 6 nitrogen and oxygen atoms in total. The van der Waals surface area contributed by atoms with E-state index in [0.717, 1.165) is 35.7 Å². The van der Waals surface area contributed by atoms with Gasteiger partial charge < -0.3 is 9.80 Å². The average Bonchev–Trinajstić information content (AvgIpc) is 2.95. The van der Waals surface area contributed by atoms with Gasteiger partial charge in [0.1, 0.15) is 0 Å². The first-order valence-electron chi connectivity index (χ1n) is 9.44. The number of carbonyl (C=O) groups is 1. The van der Waals surface area contributed by atoms with Crippen LogP contribution in [0.25, 0.3) is 11.3 Å². The van der Waals surface area contributed by atoms with Gasteiger partial charge in [0.25, 0.3) is 0 Å². The Morgan fingerprint density at radius 1 is 1.19 bits per heavy atom. The minimum atomic E-state index is -0.128. The summed E-state index contributed by atoms with van der Waals surface area (Å²) in [4.78, 5) is 30.1. The molecule has 144 valence electrons. The standard InChI is InChI=1S/C21H29N5O/c1-14-7-8-17(15(2)23-14)18-9-10-22-20(24-18)25(6)12-16-11-19(27)26(13-16)21(3,4)5/h7-10,16H,11-13H2,1-6H3/t16-/m0/s1. The van der Waals surface area contributed by atoms with Gasteiger partial charge in [0.05, 0.1) is 5.69 Å². The van der Waals surface area contributed by atoms with Gasteiger partial charge in [-0.1, -0.05) is 0 Å². The molecule has 0 bridgehead atoms. The number of pyridine rings is 1. The van der Waals surface area contributed by atoms with Crippen molar-refractivity contribution in [1.29, 1.82) is 0 Å². The largest absolute Gasteiger partial charge is 0.344 e. The Bertz CT molecular complexity index is 843. The summed E-state index contributed by atoms with van der Waals surface area (Å²) in [5.41, 5.74) is 3.72. The maximum Gasteiger partial charge on any atom is 0.225 e. The zero-order chi connectivity index (χ0) is 19.8. The predicted octanol–water partition coefficient (Wildman–Crippen LogP) is 3.24. The average molecular weight is 367 g/mol. The van der Waals surface area contributed by atoms with Crippen molar-refractivity contribution in [1.82, 2.24) is 19.9 Å². The number of carbonyl (C=O) groups excluding carboxylic acids is 1. The highest BCUT2D eigenvalue weighted by atomic mass is 16.2. The third-order valence-electron chi connectivity index (χ3n) is 5.03. The number of nitrogens with zero attached hydrogens (tertiary/aromatic N) is 5. The van der Waals surface area contributed by atoms with Gasteiger partial charge in [-0.3, -0.25) is 9.78 Å². The number of likely N-dealkylation sites (tertiary alicyclic amines) is 1. The highest BCUT2D eigenvalue weighted by molar-refractivity contribution is 5.79. The molecule has 3 rings (SSSR count). The lowest BCUT2D eigenvalue weighted by molar-refractivity contribution is -0.131. The van der Waals surface area contributed by atoms with Crippen molar-refractivity contribution in [2.45, 2.75) is 46.6 Å². The van der Waals surface area contributed by atoms with Crippen LogP contribution in [-0.2, 0) is 4.79 Å². The number of amides is 1. The monoisotopic (exact) mass is 367 g/mol. The summed E-state index contributed by atoms with van der Waals surface area (Å²) in [6.45, 7) is 11.8. The molecule has 6 heteroatoms. The molecule has 0 saturated carbocycles. The van der Waals surface area contributed by atoms with Crippen LogP contribution in [-0.4, -0.2) is 51.4 Å². The van der Waals surface area contributed by atoms with Crippen LogP contribution in [0.15, 0.2) is 24.4 Å². The highest BCUT2D eigenvalue weighted by Gasteiger charge is 2.36. The van der Waals surface area contributed by atoms with Crippen LogP contribution in [0.5, 0.6) is 0 Å². The van der Waals surface area contributed by atoms with Gasteiger partial charge in [0.2, 0.25) is 11.9 Å². The van der Waals surface area contributed by atoms with Crippen molar-refractivity contribution in [3.8, 4) is 11.3 Å². The van der Waals surface area contributed by atoms with E-state index in [0.29, 0.717) is 12.4 Å². The summed E-state index contributed by atoms with van der Waals surface area (Å²) < 4.78 is 0. The van der Waals surface area contributed by atoms with Gasteiger partial charge in [0.15, 0.2) is 0 Å². The number of hydrogen-bond donors (Lipinski definition) is 0. The molecule has 0 spiro atoms. The second-order valence-electron chi connectivity index (χ2n) is 8.45. The number of rotatable bonds is 4. The van der Waals surface area contributed by atoms with E-state index in [9.17, 15) is 4.79 Å². The van der Waals surface area contributed by atoms with Crippen molar-refractivity contribution in [2.75, 3.05) is 25.0 Å². The second-order valence-corrected chi connectivity index (χ2v) is 8.45. The first-order valence-corrected chi connectivity index (χ1v) is 9.44. The topological polar surface area (TPSA) is 62.2 Å². The number of hydrogen-bond acceptors (Lipinski definition) is 5. The fourth-order valence-electron chi connectivity index (χ4n) is 3.66. The van der Waals surface area contributed by atoms with Crippen LogP contribution in [0, 0.1) is 19.8 Å². The fourth-order valence-corrected chi connectivity index (χ4v) is 3.66. The van der Waals surface area contributed by atoms with Crippen LogP contribution >= 0.6 is 0 Å². The van der Waals surface area contributed by atoms with E-state index in [1.54, 1.807) is 6.20 Å². The third-order valence-corrected chi connectivity index (χ3v) is 5.03. The lowest BCUT2D eigenvalue weighted by Crippen LogP contribution is -2.42. The molecule has 0 aliphatic carbocycles. The smallest absolute Gasteiger partial charge is 0.225 e. The molecule has 1 atom stereocenters. The molecule has 1 aliphatic rings. The van der Waals surface area contributed by atoms with Crippen LogP contribution in [0.1, 0.15) is 38.6 Å². The maximum atomic E-state index is 12.3. The predicted molar refractivity (Wildman–Crippen MR) is 108 cm³/mol. The fraction of sp³-hybridized carbons (Fsp3) is 0.524. The third kappa shape index (κ3) is 4.26. The van der Waals surface area contributed by atoms with E-state index in [2.05, 4.69) is 36.8 Å². The molecule has 0 N–H and O–H groups in total. The summed E-state index contributed by atoms with van der Waals surface area (Å²) in [6.07, 6.45) is 2.37. The molecule has 1 saturated heterocycles. The Balaban J connectivity index is 1.75. The second kappa shape index (κ2) is 7.25. The molecular formula is C21H29N5O. The van der Waals surface area contributed by atoms with Gasteiger partial charge in [-0.2, -0.15) is 0 Å². The molecule has 0 aromatic carbocycles. The van der Waals surface area contributed by atoms with Crippen LogP contribution < -0.4 is 4.90 Å². The van der Waals surface area contributed by atoms with Gasteiger partial charge in [0, 0.05) is 61.2 Å². The van der Waals surface area contributed by atoms with E-state index in [-0.39, 0.29) is 17.4 Å². The van der Waals surface area contributed by atoms with E-state index in [1.807, 2.05) is 42.8 Å². The normalized spacial score (nSPS) is 17.5. The highest BCUT2D eigenvalue weighted by Crippen LogP contribution is 2.27. The first-order chi connectivity index (χ1) is 12.6. The van der Waals surface area contributed by atoms with E-state index >= 15 is 0 Å². The molecule has 2 aromatic heterocycles. The van der Waals surface area contributed by atoms with E-state index in [1.165, 1.54) is 0 Å². The molecule has 3 heterocycles. The Kier molecular flexibility index (Phi) is 5.18. The summed E-state index contributed by atoms with van der Waals surface area (Å²) >= 11 is 0. The van der Waals surface area contributed by atoms with E-state index in [4.69, 9.17) is 4.98 Å². The summed E-state index contributed by atoms with van der Waals surface area (Å²) in [5, 5.41) is 0. The quantitative estimate of drug-likeness (QED) is 0.830. The molecule has 0 unspecified atom stereocenters. The maximum absolute atomic E-state index is 12.3. The zero-order valence-electron chi connectivity index (χ0n) is 17.2. The number of aromatic nitrogens is 3. The minimum Gasteiger partial charge on any atom is -0.344 e. The summed E-state index contributed by atoms with van der Waals surface area (Å²) in [7, 11) is 1.99. The minimum absolute atomic E-state index is 0.128. The van der Waals surface area contributed by atoms with Crippen molar-refractivity contribution in [2.24, 2.45) is 5.92 Å². The van der Waals surface area contributed by atoms with Gasteiger partial charge in [-0.05, 0) is 52.8 Å². The SMILES string of the molecule is Cc1ccc(-c2ccnc(N(C)C[C@@H]3CC(=O)N(C(C)(C)C)C3)n2)c(C)n1. The summed E-state index contributed by atoms with van der Waals surface area (Å²) in [5.74, 6) is 1.20. The van der Waals surface area contributed by atoms with Crippen molar-refractivity contribution < 1.29 is 4.79 Å². The lowest BCUT2D eigenvalue weighted by Gasteiger charge is -2.32. The number of aryl methyl sites for hydroxylation is 2. The molecular weight excluding hydrogens is 338 g/mol. The zero-order valence-corrected chi connectivity index (χ0v) is 17.2. The van der Waals surface area contributed by atoms with Gasteiger partial charge >= 0.3 is 0 Å². The van der Waals surface area contributed by atoms with Gasteiger partial charge in [-0.25, -0.2) is 9.97 Å². The van der Waals surface area contributed by atoms with Crippen LogP contribution in [0.4, 0.5) is 5.95 Å².